The number of carbonyl (C=O) groups excluding carboxylic acids is 1. The first-order valence-electron chi connectivity index (χ1n) is 8.35. The molecule has 0 unspecified atom stereocenters. The Morgan fingerprint density at radius 1 is 1.21 bits per heavy atom. The number of ether oxygens (including phenoxy) is 1. The van der Waals surface area contributed by atoms with Crippen molar-refractivity contribution in [2.24, 2.45) is 0 Å². The van der Waals surface area contributed by atoms with E-state index in [0.717, 1.165) is 12.8 Å². The van der Waals surface area contributed by atoms with E-state index in [2.05, 4.69) is 10.3 Å². The second-order valence-corrected chi connectivity index (χ2v) is 6.09. The lowest BCUT2D eigenvalue weighted by Crippen LogP contribution is -2.36. The molecule has 0 spiro atoms. The molecule has 1 heterocycles. The highest BCUT2D eigenvalue weighted by Gasteiger charge is 2.16. The van der Waals surface area contributed by atoms with Crippen LogP contribution in [0.3, 0.4) is 0 Å². The van der Waals surface area contributed by atoms with Crippen molar-refractivity contribution < 1.29 is 13.9 Å². The molecule has 1 aromatic heterocycles. The second kappa shape index (κ2) is 7.90. The van der Waals surface area contributed by atoms with Crippen LogP contribution in [0.25, 0.3) is 0 Å². The molecular weight excluding hydrogens is 307 g/mol. The lowest BCUT2D eigenvalue weighted by atomic mass is 9.95. The number of rotatable bonds is 5. The van der Waals surface area contributed by atoms with E-state index in [9.17, 15) is 9.18 Å². The highest BCUT2D eigenvalue weighted by Crippen LogP contribution is 2.18. The molecule has 0 bridgehead atoms. The van der Waals surface area contributed by atoms with Gasteiger partial charge in [-0.15, -0.1) is 0 Å². The summed E-state index contributed by atoms with van der Waals surface area (Å²) in [4.78, 5) is 16.5. The summed E-state index contributed by atoms with van der Waals surface area (Å²) >= 11 is 0. The van der Waals surface area contributed by atoms with E-state index in [1.807, 2.05) is 0 Å². The smallest absolute Gasteiger partial charge is 0.253 e. The van der Waals surface area contributed by atoms with Gasteiger partial charge < -0.3 is 10.1 Å². The van der Waals surface area contributed by atoms with Crippen molar-refractivity contribution in [1.29, 1.82) is 0 Å². The molecule has 2 aromatic rings. The van der Waals surface area contributed by atoms with Crippen LogP contribution in [0.1, 0.15) is 48.2 Å². The zero-order valence-electron chi connectivity index (χ0n) is 13.5. The van der Waals surface area contributed by atoms with E-state index in [4.69, 9.17) is 4.74 Å². The first kappa shape index (κ1) is 16.4. The Morgan fingerprint density at radius 2 is 2.04 bits per heavy atom. The van der Waals surface area contributed by atoms with Gasteiger partial charge in [0.05, 0.1) is 11.3 Å². The number of nitrogens with one attached hydrogen (secondary N) is 1. The lowest BCUT2D eigenvalue weighted by molar-refractivity contribution is 0.0927. The highest BCUT2D eigenvalue weighted by atomic mass is 19.1. The van der Waals surface area contributed by atoms with Crippen LogP contribution in [0.15, 0.2) is 42.6 Å². The van der Waals surface area contributed by atoms with Gasteiger partial charge in [0, 0.05) is 18.3 Å². The summed E-state index contributed by atoms with van der Waals surface area (Å²) in [6.07, 6.45) is 7.28. The average Bonchev–Trinajstić information content (AvgIpc) is 2.61. The van der Waals surface area contributed by atoms with Gasteiger partial charge in [-0.25, -0.2) is 4.39 Å². The fourth-order valence-corrected chi connectivity index (χ4v) is 2.87. The molecule has 3 rings (SSSR count). The number of hydrogen-bond donors (Lipinski definition) is 1. The molecule has 24 heavy (non-hydrogen) atoms. The Morgan fingerprint density at radius 3 is 2.75 bits per heavy atom. The third-order valence-electron chi connectivity index (χ3n) is 4.21. The number of benzene rings is 1. The van der Waals surface area contributed by atoms with Gasteiger partial charge in [0.25, 0.3) is 5.91 Å². The van der Waals surface area contributed by atoms with E-state index in [0.29, 0.717) is 17.0 Å². The van der Waals surface area contributed by atoms with Gasteiger partial charge in [-0.3, -0.25) is 9.78 Å². The monoisotopic (exact) mass is 328 g/mol. The zero-order chi connectivity index (χ0) is 16.8. The fraction of sp³-hybridized carbons (Fsp3) is 0.368. The van der Waals surface area contributed by atoms with Crippen molar-refractivity contribution in [3.8, 4) is 5.75 Å². The van der Waals surface area contributed by atoms with Crippen molar-refractivity contribution >= 4 is 5.91 Å². The van der Waals surface area contributed by atoms with Crippen LogP contribution in [0.4, 0.5) is 4.39 Å². The van der Waals surface area contributed by atoms with Gasteiger partial charge in [0.2, 0.25) is 0 Å². The van der Waals surface area contributed by atoms with Crippen molar-refractivity contribution in [3.63, 3.8) is 0 Å². The zero-order valence-corrected chi connectivity index (χ0v) is 13.5. The minimum atomic E-state index is -0.338. The molecule has 126 valence electrons. The first-order valence-corrected chi connectivity index (χ1v) is 8.35. The summed E-state index contributed by atoms with van der Waals surface area (Å²) in [6, 6.07) is 9.76. The summed E-state index contributed by atoms with van der Waals surface area (Å²) in [5.74, 6) is 0.0399. The predicted molar refractivity (Wildman–Crippen MR) is 89.3 cm³/mol. The minimum absolute atomic E-state index is 0.0769. The number of carbonyl (C=O) groups is 1. The third-order valence-corrected chi connectivity index (χ3v) is 4.21. The summed E-state index contributed by atoms with van der Waals surface area (Å²) in [6.45, 7) is 0.230. The minimum Gasteiger partial charge on any atom is -0.487 e. The quantitative estimate of drug-likeness (QED) is 0.906. The van der Waals surface area contributed by atoms with Crippen LogP contribution in [0.5, 0.6) is 5.75 Å². The molecule has 1 fully saturated rings. The summed E-state index contributed by atoms with van der Waals surface area (Å²) in [5.41, 5.74) is 1.24. The maximum absolute atomic E-state index is 13.1. The Labute approximate surface area is 141 Å². The van der Waals surface area contributed by atoms with Crippen molar-refractivity contribution in [2.45, 2.75) is 44.8 Å². The number of halogens is 1. The number of nitrogens with zero attached hydrogens (tertiary/aromatic N) is 1. The molecule has 1 aliphatic rings. The van der Waals surface area contributed by atoms with E-state index in [-0.39, 0.29) is 24.4 Å². The molecule has 0 atom stereocenters. The molecule has 1 saturated carbocycles. The molecule has 0 saturated heterocycles. The van der Waals surface area contributed by atoms with Gasteiger partial charge >= 0.3 is 0 Å². The normalized spacial score (nSPS) is 15.0. The van der Waals surface area contributed by atoms with Gasteiger partial charge in [-0.05, 0) is 37.1 Å². The van der Waals surface area contributed by atoms with Crippen LogP contribution in [0, 0.1) is 5.82 Å². The standard InChI is InChI=1S/C19H21FN2O2/c20-15-5-4-8-18(11-15)24-13-17-10-9-14(12-21-17)19(23)22-16-6-2-1-3-7-16/h4-5,8-12,16H,1-3,6-7,13H2,(H,22,23). The van der Waals surface area contributed by atoms with Crippen molar-refractivity contribution in [1.82, 2.24) is 10.3 Å². The maximum atomic E-state index is 13.1. The van der Waals surface area contributed by atoms with Crippen LogP contribution in [-0.4, -0.2) is 16.9 Å². The molecule has 1 amide bonds. The second-order valence-electron chi connectivity index (χ2n) is 6.09. The Kier molecular flexibility index (Phi) is 5.41. The summed E-state index contributed by atoms with van der Waals surface area (Å²) in [5, 5.41) is 3.07. The van der Waals surface area contributed by atoms with E-state index >= 15 is 0 Å². The molecular formula is C19H21FN2O2. The van der Waals surface area contributed by atoms with Crippen molar-refractivity contribution in [2.75, 3.05) is 0 Å². The van der Waals surface area contributed by atoms with E-state index in [1.165, 1.54) is 31.4 Å². The Balaban J connectivity index is 1.53. The molecule has 5 heteroatoms. The molecule has 0 aliphatic heterocycles. The molecule has 1 N–H and O–H groups in total. The predicted octanol–water partition coefficient (Wildman–Crippen LogP) is 3.86. The van der Waals surface area contributed by atoms with Crippen LogP contribution in [-0.2, 0) is 6.61 Å². The van der Waals surface area contributed by atoms with Crippen molar-refractivity contribution in [3.05, 3.63) is 59.7 Å². The third kappa shape index (κ3) is 4.54. The Bertz CT molecular complexity index is 682. The van der Waals surface area contributed by atoms with E-state index < -0.39 is 0 Å². The molecule has 1 aliphatic carbocycles. The van der Waals surface area contributed by atoms with Gasteiger partial charge in [0.15, 0.2) is 0 Å². The Hall–Kier alpha value is -2.43. The number of aromatic nitrogens is 1. The first-order chi connectivity index (χ1) is 11.7. The van der Waals surface area contributed by atoms with Crippen LogP contribution < -0.4 is 10.1 Å². The van der Waals surface area contributed by atoms with Crippen LogP contribution >= 0.6 is 0 Å². The average molecular weight is 328 g/mol. The fourth-order valence-electron chi connectivity index (χ4n) is 2.87. The summed E-state index contributed by atoms with van der Waals surface area (Å²) in [7, 11) is 0. The summed E-state index contributed by atoms with van der Waals surface area (Å²) < 4.78 is 18.6. The lowest BCUT2D eigenvalue weighted by Gasteiger charge is -2.22. The largest absolute Gasteiger partial charge is 0.487 e. The van der Waals surface area contributed by atoms with Gasteiger partial charge in [-0.2, -0.15) is 0 Å². The van der Waals surface area contributed by atoms with E-state index in [1.54, 1.807) is 30.5 Å². The maximum Gasteiger partial charge on any atom is 0.253 e. The molecule has 1 aromatic carbocycles. The van der Waals surface area contributed by atoms with Gasteiger partial charge in [-0.1, -0.05) is 25.3 Å². The SMILES string of the molecule is O=C(NC1CCCCC1)c1ccc(COc2cccc(F)c2)nc1. The number of amides is 1. The number of hydrogen-bond acceptors (Lipinski definition) is 3. The molecule has 4 nitrogen and oxygen atoms in total. The topological polar surface area (TPSA) is 51.2 Å². The molecule has 0 radical (unpaired) electrons. The van der Waals surface area contributed by atoms with Gasteiger partial charge in [0.1, 0.15) is 18.2 Å². The van der Waals surface area contributed by atoms with Crippen LogP contribution in [0.2, 0.25) is 0 Å². The number of pyridine rings is 1. The highest BCUT2D eigenvalue weighted by molar-refractivity contribution is 5.94.